The zero-order valence-corrected chi connectivity index (χ0v) is 32.9. The molecular formula is C35H45N5O8S4. The van der Waals surface area contributed by atoms with Gasteiger partial charge < -0.3 is 14.8 Å². The van der Waals surface area contributed by atoms with Crippen LogP contribution in [0.5, 0.6) is 0 Å². The summed E-state index contributed by atoms with van der Waals surface area (Å²) in [5.41, 5.74) is 1.67. The second kappa shape index (κ2) is 16.8. The van der Waals surface area contributed by atoms with Crippen LogP contribution in [0.1, 0.15) is 53.4 Å². The van der Waals surface area contributed by atoms with E-state index >= 15 is 0 Å². The number of anilines is 2. The molecule has 2 amide bonds. The first-order valence-electron chi connectivity index (χ1n) is 17.1. The van der Waals surface area contributed by atoms with Crippen LogP contribution in [0.25, 0.3) is 20.8 Å². The van der Waals surface area contributed by atoms with Crippen LogP contribution in [0.4, 0.5) is 11.1 Å². The number of hydrogen-bond donors (Lipinski definition) is 2. The third kappa shape index (κ3) is 9.60. The lowest BCUT2D eigenvalue weighted by molar-refractivity contribution is -0.118. The highest BCUT2D eigenvalue weighted by Crippen LogP contribution is 2.30. The van der Waals surface area contributed by atoms with Gasteiger partial charge in [0.25, 0.3) is 0 Å². The van der Waals surface area contributed by atoms with Crippen LogP contribution in [0.2, 0.25) is 0 Å². The van der Waals surface area contributed by atoms with Crippen molar-refractivity contribution in [3.8, 4) is 10.6 Å². The Morgan fingerprint density at radius 1 is 0.731 bits per heavy atom. The molecular weight excluding hydrogens is 747 g/mol. The quantitative estimate of drug-likeness (QED) is 0.192. The first kappa shape index (κ1) is 39.8. The highest BCUT2D eigenvalue weighted by atomic mass is 32.2. The number of aromatic nitrogens is 3. The minimum Gasteiger partial charge on any atom is -0.381 e. The van der Waals surface area contributed by atoms with Crippen LogP contribution in [0, 0.1) is 11.8 Å². The molecule has 17 heteroatoms. The Labute approximate surface area is 313 Å². The van der Waals surface area contributed by atoms with E-state index < -0.39 is 41.0 Å². The Hall–Kier alpha value is -3.35. The molecule has 4 heterocycles. The zero-order chi connectivity index (χ0) is 37.6. The molecule has 4 aromatic rings. The Morgan fingerprint density at radius 2 is 1.23 bits per heavy atom. The molecule has 6 rings (SSSR count). The van der Waals surface area contributed by atoms with E-state index in [1.165, 1.54) is 39.0 Å². The van der Waals surface area contributed by atoms with E-state index in [9.17, 15) is 26.4 Å². The van der Waals surface area contributed by atoms with E-state index in [0.717, 1.165) is 40.2 Å². The number of nitrogens with zero attached hydrogens (tertiary/aromatic N) is 3. The number of carbonyl (C=O) groups excluding carboxylic acids is 2. The maximum atomic E-state index is 12.8. The standard InChI is InChI=1S/C18H23N3O4S2.C17H22N2O4S2/c1-18(2,27(23,24)12-13-8-10-25-11-9-13)16(22)20-17-19-15(26-21-17)14-6-4-3-5-7-14;1-17(2,25(21,22)11-12-7-9-23-10-8-12)15(20)19-16-18-13-5-3-4-6-14(13)24-16/h3-7,13H,8-12H2,1-2H3,(H,20,21,22);3-6,12H,7-11H2,1-2H3,(H,18,19,20). The highest BCUT2D eigenvalue weighted by Gasteiger charge is 2.44. The number of nitrogens with one attached hydrogen (secondary N) is 2. The van der Waals surface area contributed by atoms with Crippen LogP contribution in [-0.4, -0.2) is 90.4 Å². The van der Waals surface area contributed by atoms with Crippen molar-refractivity contribution in [1.82, 2.24) is 14.3 Å². The summed E-state index contributed by atoms with van der Waals surface area (Å²) in [7, 11) is -7.24. The number of thiazole rings is 1. The molecule has 2 saturated heterocycles. The number of para-hydroxylation sites is 1. The molecule has 0 spiro atoms. The lowest BCUT2D eigenvalue weighted by Crippen LogP contribution is -2.47. The molecule has 0 radical (unpaired) electrons. The molecule has 52 heavy (non-hydrogen) atoms. The molecule has 282 valence electrons. The number of hydrogen-bond acceptors (Lipinski definition) is 13. The van der Waals surface area contributed by atoms with Crippen molar-refractivity contribution in [3.05, 3.63) is 54.6 Å². The summed E-state index contributed by atoms with van der Waals surface area (Å²) in [6, 6.07) is 17.0. The fourth-order valence-corrected chi connectivity index (χ4v) is 10.4. The zero-order valence-electron chi connectivity index (χ0n) is 29.7. The van der Waals surface area contributed by atoms with E-state index in [2.05, 4.69) is 25.0 Å². The summed E-state index contributed by atoms with van der Waals surface area (Å²) in [6.45, 7) is 8.09. The van der Waals surface area contributed by atoms with Gasteiger partial charge in [0.05, 0.1) is 21.7 Å². The molecule has 2 fully saturated rings. The van der Waals surface area contributed by atoms with Crippen molar-refractivity contribution >= 4 is 75.7 Å². The molecule has 2 N–H and O–H groups in total. The first-order valence-corrected chi connectivity index (χ1v) is 22.0. The van der Waals surface area contributed by atoms with E-state index in [4.69, 9.17) is 9.47 Å². The number of carbonyl (C=O) groups is 2. The highest BCUT2D eigenvalue weighted by molar-refractivity contribution is 7.93. The van der Waals surface area contributed by atoms with E-state index in [1.54, 1.807) is 0 Å². The summed E-state index contributed by atoms with van der Waals surface area (Å²) in [5, 5.41) is 6.32. The SMILES string of the molecule is CC(C)(C(=O)Nc1nc2ccccc2s1)S(=O)(=O)CC1CCOCC1.CC(C)(C(=O)Nc1nsc(-c2ccccc2)n1)S(=O)(=O)CC1CCOCC1. The van der Waals surface area contributed by atoms with Gasteiger partial charge in [-0.1, -0.05) is 53.8 Å². The lowest BCUT2D eigenvalue weighted by atomic mass is 10.0. The number of amides is 2. The number of sulfone groups is 2. The normalized spacial score (nSPS) is 16.5. The van der Waals surface area contributed by atoms with Crippen LogP contribution in [-0.2, 0) is 38.7 Å². The van der Waals surface area contributed by atoms with Crippen LogP contribution >= 0.6 is 22.9 Å². The smallest absolute Gasteiger partial charge is 0.247 e. The summed E-state index contributed by atoms with van der Waals surface area (Å²) < 4.78 is 63.8. The number of fused-ring (bicyclic) bond motifs is 1. The molecule has 2 aliphatic heterocycles. The van der Waals surface area contributed by atoms with E-state index in [-0.39, 0.29) is 29.3 Å². The van der Waals surface area contributed by atoms with Gasteiger partial charge in [-0.05, 0) is 88.9 Å². The molecule has 13 nitrogen and oxygen atoms in total. The van der Waals surface area contributed by atoms with Gasteiger partial charge in [-0.2, -0.15) is 9.36 Å². The topological polar surface area (TPSA) is 184 Å². The van der Waals surface area contributed by atoms with Crippen LogP contribution in [0.3, 0.4) is 0 Å². The molecule has 0 bridgehead atoms. The van der Waals surface area contributed by atoms with Gasteiger partial charge in [0.15, 0.2) is 24.8 Å². The maximum Gasteiger partial charge on any atom is 0.247 e. The number of ether oxygens (including phenoxy) is 2. The van der Waals surface area contributed by atoms with Gasteiger partial charge in [-0.25, -0.2) is 21.8 Å². The predicted octanol–water partition coefficient (Wildman–Crippen LogP) is 5.62. The summed E-state index contributed by atoms with van der Waals surface area (Å²) in [5.74, 6) is -0.970. The molecule has 0 unspecified atom stereocenters. The number of benzene rings is 2. The third-order valence-corrected chi connectivity index (χ3v) is 16.4. The molecule has 2 aromatic carbocycles. The van der Waals surface area contributed by atoms with E-state index in [0.29, 0.717) is 49.4 Å². The monoisotopic (exact) mass is 791 g/mol. The Kier molecular flexibility index (Phi) is 12.8. The molecule has 0 aliphatic carbocycles. The number of rotatable bonds is 11. The predicted molar refractivity (Wildman–Crippen MR) is 205 cm³/mol. The van der Waals surface area contributed by atoms with Gasteiger partial charge >= 0.3 is 0 Å². The van der Waals surface area contributed by atoms with Crippen LogP contribution < -0.4 is 10.6 Å². The third-order valence-electron chi connectivity index (χ3n) is 9.43. The maximum absolute atomic E-state index is 12.8. The van der Waals surface area contributed by atoms with Gasteiger partial charge in [0.1, 0.15) is 14.5 Å². The van der Waals surface area contributed by atoms with Gasteiger partial charge in [-0.3, -0.25) is 14.9 Å². The van der Waals surface area contributed by atoms with Crippen molar-refractivity contribution in [2.45, 2.75) is 62.9 Å². The average Bonchev–Trinajstić information content (AvgIpc) is 3.76. The fraction of sp³-hybridized carbons (Fsp3) is 0.514. The van der Waals surface area contributed by atoms with E-state index in [1.807, 2.05) is 54.6 Å². The van der Waals surface area contributed by atoms with Gasteiger partial charge in [0.2, 0.25) is 17.8 Å². The first-order chi connectivity index (χ1) is 24.6. The van der Waals surface area contributed by atoms with Gasteiger partial charge in [0, 0.05) is 32.0 Å². The minimum absolute atomic E-state index is 0.0105. The fourth-order valence-electron chi connectivity index (χ4n) is 5.54. The average molecular weight is 792 g/mol. The summed E-state index contributed by atoms with van der Waals surface area (Å²) in [4.78, 5) is 34.0. The summed E-state index contributed by atoms with van der Waals surface area (Å²) >= 11 is 2.49. The van der Waals surface area contributed by atoms with Crippen LogP contribution in [0.15, 0.2) is 54.6 Å². The minimum atomic E-state index is -3.64. The lowest BCUT2D eigenvalue weighted by Gasteiger charge is -2.28. The summed E-state index contributed by atoms with van der Waals surface area (Å²) in [6.07, 6.45) is 2.83. The Morgan fingerprint density at radius 3 is 1.77 bits per heavy atom. The van der Waals surface area contributed by atoms with Crippen molar-refractivity contribution in [3.63, 3.8) is 0 Å². The molecule has 0 atom stereocenters. The Balaban J connectivity index is 0.000000202. The van der Waals surface area contributed by atoms with Crippen molar-refractivity contribution in [1.29, 1.82) is 0 Å². The second-order valence-corrected chi connectivity index (χ2v) is 20.8. The van der Waals surface area contributed by atoms with Crippen molar-refractivity contribution < 1.29 is 35.9 Å². The second-order valence-electron chi connectivity index (χ2n) is 13.9. The van der Waals surface area contributed by atoms with Crippen molar-refractivity contribution in [2.24, 2.45) is 11.8 Å². The van der Waals surface area contributed by atoms with Gasteiger partial charge in [-0.15, -0.1) is 0 Å². The van der Waals surface area contributed by atoms with Crippen molar-refractivity contribution in [2.75, 3.05) is 48.6 Å². The largest absolute Gasteiger partial charge is 0.381 e. The Bertz CT molecular complexity index is 2020. The molecule has 2 aliphatic rings. The molecule has 0 saturated carbocycles. The molecule has 2 aromatic heterocycles.